The molecule has 9 heteroatoms. The van der Waals surface area contributed by atoms with Crippen LogP contribution in [0.5, 0.6) is 11.5 Å². The van der Waals surface area contributed by atoms with Crippen LogP contribution < -0.4 is 15.2 Å². The highest BCUT2D eigenvalue weighted by Crippen LogP contribution is 2.40. The number of hydrogen-bond donors (Lipinski definition) is 2. The molecule has 0 saturated carbocycles. The van der Waals surface area contributed by atoms with Gasteiger partial charge in [0.2, 0.25) is 9.84 Å². The molecule has 38 heavy (non-hydrogen) atoms. The SMILES string of the molecule is CCCCc1[nH]c(=O)c(S(=O)(=O)c2ccc(-c3ccncc3C)cc2)c(O)c1N(C)c1ccc(OC)cc1. The molecule has 0 aliphatic rings. The standard InChI is InChI=1S/C29H31N3O5S/c1-5-6-7-25-26(32(3)21-10-12-22(37-4)13-11-21)27(33)28(29(34)31-25)38(35,36)23-14-8-20(9-15-23)24-16-17-30-18-19(24)2/h8-18H,5-7H2,1-4H3,(H2,31,33,34). The first-order valence-electron chi connectivity index (χ1n) is 12.3. The summed E-state index contributed by atoms with van der Waals surface area (Å²) in [4.78, 5) is 20.9. The summed E-state index contributed by atoms with van der Waals surface area (Å²) in [6.07, 6.45) is 5.48. The van der Waals surface area contributed by atoms with Crippen LogP contribution in [0.15, 0.2) is 81.6 Å². The maximum atomic E-state index is 13.7. The second-order valence-electron chi connectivity index (χ2n) is 9.04. The molecule has 0 aliphatic heterocycles. The fraction of sp³-hybridized carbons (Fsp3) is 0.241. The summed E-state index contributed by atoms with van der Waals surface area (Å²) in [5.74, 6) is 0.0833. The van der Waals surface area contributed by atoms with Gasteiger partial charge in [-0.15, -0.1) is 0 Å². The van der Waals surface area contributed by atoms with E-state index in [1.165, 1.54) is 12.1 Å². The van der Waals surface area contributed by atoms with Gasteiger partial charge in [0.05, 0.1) is 12.0 Å². The Morgan fingerprint density at radius 2 is 1.74 bits per heavy atom. The normalized spacial score (nSPS) is 11.4. The Bertz CT molecular complexity index is 1600. The number of aromatic hydroxyl groups is 1. The predicted molar refractivity (Wildman–Crippen MR) is 148 cm³/mol. The number of aromatic amines is 1. The molecule has 198 valence electrons. The van der Waals surface area contributed by atoms with Gasteiger partial charge < -0.3 is 19.7 Å². The van der Waals surface area contributed by atoms with Crippen LogP contribution in [0.1, 0.15) is 31.0 Å². The van der Waals surface area contributed by atoms with Gasteiger partial charge in [-0.25, -0.2) is 8.42 Å². The summed E-state index contributed by atoms with van der Waals surface area (Å²) in [5, 5.41) is 11.4. The molecule has 2 N–H and O–H groups in total. The topological polar surface area (TPSA) is 113 Å². The molecule has 0 fully saturated rings. The summed E-state index contributed by atoms with van der Waals surface area (Å²) < 4.78 is 32.6. The lowest BCUT2D eigenvalue weighted by atomic mass is 10.0. The summed E-state index contributed by atoms with van der Waals surface area (Å²) in [5.41, 5.74) is 3.23. The number of rotatable bonds is 9. The van der Waals surface area contributed by atoms with Gasteiger partial charge in [0, 0.05) is 30.8 Å². The van der Waals surface area contributed by atoms with E-state index in [0.29, 0.717) is 23.6 Å². The van der Waals surface area contributed by atoms with Crippen molar-refractivity contribution in [2.45, 2.75) is 42.9 Å². The highest BCUT2D eigenvalue weighted by atomic mass is 32.2. The van der Waals surface area contributed by atoms with Gasteiger partial charge in [0.15, 0.2) is 10.6 Å². The number of nitrogens with one attached hydrogen (secondary N) is 1. The van der Waals surface area contributed by atoms with E-state index in [2.05, 4.69) is 9.97 Å². The van der Waals surface area contributed by atoms with Crippen LogP contribution in [-0.2, 0) is 16.3 Å². The Kier molecular flexibility index (Phi) is 7.87. The first-order chi connectivity index (χ1) is 18.2. The number of pyridine rings is 2. The lowest BCUT2D eigenvalue weighted by molar-refractivity contribution is 0.415. The average Bonchev–Trinajstić information content (AvgIpc) is 2.91. The van der Waals surface area contributed by atoms with Gasteiger partial charge in [-0.05, 0) is 78.9 Å². The molecule has 8 nitrogen and oxygen atoms in total. The van der Waals surface area contributed by atoms with Crippen LogP contribution in [0.4, 0.5) is 11.4 Å². The third-order valence-corrected chi connectivity index (χ3v) is 8.34. The van der Waals surface area contributed by atoms with Crippen molar-refractivity contribution in [2.24, 2.45) is 0 Å². The zero-order valence-electron chi connectivity index (χ0n) is 21.9. The zero-order chi connectivity index (χ0) is 27.4. The molecule has 0 spiro atoms. The molecule has 2 heterocycles. The Morgan fingerprint density at radius 3 is 2.34 bits per heavy atom. The minimum absolute atomic E-state index is 0.0897. The monoisotopic (exact) mass is 533 g/mol. The van der Waals surface area contributed by atoms with Crippen molar-refractivity contribution in [3.05, 3.63) is 88.6 Å². The average molecular weight is 534 g/mol. The third kappa shape index (κ3) is 5.15. The molecule has 0 saturated heterocycles. The third-order valence-electron chi connectivity index (χ3n) is 6.54. The lowest BCUT2D eigenvalue weighted by Gasteiger charge is -2.25. The minimum Gasteiger partial charge on any atom is -0.504 e. The van der Waals surface area contributed by atoms with Gasteiger partial charge in [-0.2, -0.15) is 0 Å². The largest absolute Gasteiger partial charge is 0.504 e. The molecule has 0 unspecified atom stereocenters. The van der Waals surface area contributed by atoms with Crippen molar-refractivity contribution >= 4 is 21.2 Å². The molecular weight excluding hydrogens is 502 g/mol. The smallest absolute Gasteiger partial charge is 0.271 e. The van der Waals surface area contributed by atoms with Crippen LogP contribution in [0.3, 0.4) is 0 Å². The van der Waals surface area contributed by atoms with E-state index in [1.807, 2.05) is 19.9 Å². The number of aromatic nitrogens is 2. The van der Waals surface area contributed by atoms with Crippen molar-refractivity contribution in [2.75, 3.05) is 19.1 Å². The number of anilines is 2. The van der Waals surface area contributed by atoms with E-state index in [-0.39, 0.29) is 10.6 Å². The molecule has 4 aromatic rings. The second kappa shape index (κ2) is 11.1. The maximum absolute atomic E-state index is 13.7. The molecule has 2 aromatic heterocycles. The first-order valence-corrected chi connectivity index (χ1v) is 13.8. The number of methoxy groups -OCH3 is 1. The van der Waals surface area contributed by atoms with Crippen molar-refractivity contribution in [3.63, 3.8) is 0 Å². The van der Waals surface area contributed by atoms with Crippen molar-refractivity contribution in [3.8, 4) is 22.6 Å². The minimum atomic E-state index is -4.35. The van der Waals surface area contributed by atoms with Gasteiger partial charge in [-0.1, -0.05) is 25.5 Å². The first kappa shape index (κ1) is 26.9. The summed E-state index contributed by atoms with van der Waals surface area (Å²) in [6.45, 7) is 3.94. The van der Waals surface area contributed by atoms with E-state index < -0.39 is 26.0 Å². The molecule has 0 aliphatic carbocycles. The second-order valence-corrected chi connectivity index (χ2v) is 10.9. The Balaban J connectivity index is 1.83. The molecule has 0 atom stereocenters. The molecule has 4 rings (SSSR count). The Labute approximate surface area is 222 Å². The van der Waals surface area contributed by atoms with E-state index in [1.54, 1.807) is 67.8 Å². The lowest BCUT2D eigenvalue weighted by Crippen LogP contribution is -2.24. The Hall–Kier alpha value is -4.11. The van der Waals surface area contributed by atoms with Crippen molar-refractivity contribution < 1.29 is 18.3 Å². The van der Waals surface area contributed by atoms with E-state index in [9.17, 15) is 18.3 Å². The van der Waals surface area contributed by atoms with Crippen LogP contribution >= 0.6 is 0 Å². The van der Waals surface area contributed by atoms with Crippen LogP contribution in [0.2, 0.25) is 0 Å². The quantitative estimate of drug-likeness (QED) is 0.296. The highest BCUT2D eigenvalue weighted by molar-refractivity contribution is 7.91. The van der Waals surface area contributed by atoms with Gasteiger partial charge in [-0.3, -0.25) is 9.78 Å². The van der Waals surface area contributed by atoms with E-state index >= 15 is 0 Å². The summed E-state index contributed by atoms with van der Waals surface area (Å²) in [7, 11) is -1.07. The van der Waals surface area contributed by atoms with Crippen molar-refractivity contribution in [1.82, 2.24) is 9.97 Å². The van der Waals surface area contributed by atoms with Crippen molar-refractivity contribution in [1.29, 1.82) is 0 Å². The van der Waals surface area contributed by atoms with Gasteiger partial charge >= 0.3 is 0 Å². The van der Waals surface area contributed by atoms with E-state index in [4.69, 9.17) is 4.74 Å². The van der Waals surface area contributed by atoms with Gasteiger partial charge in [0.1, 0.15) is 11.4 Å². The van der Waals surface area contributed by atoms with Crippen LogP contribution in [0.25, 0.3) is 11.1 Å². The number of hydrogen-bond acceptors (Lipinski definition) is 7. The molecular formula is C29H31N3O5S. The highest BCUT2D eigenvalue weighted by Gasteiger charge is 2.31. The number of sulfone groups is 1. The number of aryl methyl sites for hydroxylation is 2. The van der Waals surface area contributed by atoms with E-state index in [0.717, 1.165) is 29.5 Å². The number of unbranched alkanes of at least 4 members (excludes halogenated alkanes) is 1. The predicted octanol–water partition coefficient (Wildman–Crippen LogP) is 5.40. The van der Waals surface area contributed by atoms with Gasteiger partial charge in [0.25, 0.3) is 5.56 Å². The zero-order valence-corrected chi connectivity index (χ0v) is 22.7. The van der Waals surface area contributed by atoms with Crippen LogP contribution in [-0.4, -0.2) is 37.6 Å². The fourth-order valence-electron chi connectivity index (χ4n) is 4.42. The maximum Gasteiger partial charge on any atom is 0.271 e. The number of nitrogens with zero attached hydrogens (tertiary/aromatic N) is 2. The fourth-order valence-corrected chi connectivity index (χ4v) is 5.80. The number of H-pyrrole nitrogens is 1. The Morgan fingerprint density at radius 1 is 1.05 bits per heavy atom. The number of ether oxygens (including phenoxy) is 1. The number of benzene rings is 2. The summed E-state index contributed by atoms with van der Waals surface area (Å²) >= 11 is 0. The molecule has 0 bridgehead atoms. The molecule has 2 aromatic carbocycles. The molecule has 0 amide bonds. The molecule has 0 radical (unpaired) electrons. The summed E-state index contributed by atoms with van der Waals surface area (Å²) in [6, 6.07) is 15.2. The van der Waals surface area contributed by atoms with Crippen LogP contribution in [0, 0.1) is 6.92 Å².